The van der Waals surface area contributed by atoms with E-state index in [1.54, 1.807) is 0 Å². The fourth-order valence-electron chi connectivity index (χ4n) is 6.70. The Morgan fingerprint density at radius 1 is 0.375 bits per heavy atom. The molecule has 40 heavy (non-hydrogen) atoms. The van der Waals surface area contributed by atoms with Crippen molar-refractivity contribution in [1.82, 2.24) is 9.80 Å². The van der Waals surface area contributed by atoms with E-state index in [9.17, 15) is 0 Å². The third-order valence-electron chi connectivity index (χ3n) is 9.27. The van der Waals surface area contributed by atoms with Crippen molar-refractivity contribution < 1.29 is 0 Å². The topological polar surface area (TPSA) is 6.48 Å². The molecule has 1 atom stereocenters. The quantitative estimate of drug-likeness (QED) is 0.0778. The summed E-state index contributed by atoms with van der Waals surface area (Å²) in [5, 5.41) is 0. The number of unbranched alkanes of at least 4 members (excludes halogenated alkanes) is 26. The highest BCUT2D eigenvalue weighted by Gasteiger charge is 2.28. The molecule has 0 bridgehead atoms. The Bertz CT molecular complexity index is 528. The summed E-state index contributed by atoms with van der Waals surface area (Å²) in [5.41, 5.74) is 0. The van der Waals surface area contributed by atoms with Crippen LogP contribution >= 0.6 is 0 Å². The van der Waals surface area contributed by atoms with Crippen LogP contribution in [0.15, 0.2) is 12.4 Å². The molecular formula is C38H76N2. The molecule has 0 amide bonds. The molecule has 0 aromatic rings. The molecule has 0 aromatic heterocycles. The Kier molecular flexibility index (Phi) is 26.6. The summed E-state index contributed by atoms with van der Waals surface area (Å²) in [5.74, 6) is 0.688. The minimum Gasteiger partial charge on any atom is -0.356 e. The minimum absolute atomic E-state index is 0.587. The van der Waals surface area contributed by atoms with Gasteiger partial charge in [0, 0.05) is 25.5 Å². The van der Waals surface area contributed by atoms with Crippen LogP contribution in [0.1, 0.15) is 207 Å². The lowest BCUT2D eigenvalue weighted by Crippen LogP contribution is -2.43. The van der Waals surface area contributed by atoms with Crippen molar-refractivity contribution in [2.24, 2.45) is 5.92 Å². The van der Waals surface area contributed by atoms with Gasteiger partial charge in [-0.3, -0.25) is 0 Å². The summed E-state index contributed by atoms with van der Waals surface area (Å²) in [6, 6.07) is 0. The predicted octanol–water partition coefficient (Wildman–Crippen LogP) is 13.0. The van der Waals surface area contributed by atoms with E-state index >= 15 is 0 Å². The van der Waals surface area contributed by atoms with Gasteiger partial charge in [-0.25, -0.2) is 0 Å². The number of nitrogens with zero attached hydrogens (tertiary/aromatic N) is 2. The van der Waals surface area contributed by atoms with Crippen molar-refractivity contribution in [2.75, 3.05) is 13.1 Å². The molecule has 238 valence electrons. The second-order valence-corrected chi connectivity index (χ2v) is 13.6. The first-order chi connectivity index (χ1) is 19.7. The molecule has 0 aliphatic carbocycles. The van der Waals surface area contributed by atoms with Gasteiger partial charge in [0.25, 0.3) is 0 Å². The van der Waals surface area contributed by atoms with Crippen molar-refractivity contribution in [3.63, 3.8) is 0 Å². The average molecular weight is 561 g/mol. The van der Waals surface area contributed by atoms with E-state index in [0.717, 1.165) is 0 Å². The summed E-state index contributed by atoms with van der Waals surface area (Å²) in [7, 11) is 0. The van der Waals surface area contributed by atoms with Crippen LogP contribution in [0, 0.1) is 5.92 Å². The molecule has 1 aliphatic heterocycles. The van der Waals surface area contributed by atoms with Crippen molar-refractivity contribution in [3.05, 3.63) is 12.4 Å². The fraction of sp³-hybridized carbons (Fsp3) is 0.947. The summed E-state index contributed by atoms with van der Waals surface area (Å²) >= 11 is 0. The highest BCUT2D eigenvalue weighted by Crippen LogP contribution is 2.24. The highest BCUT2D eigenvalue weighted by molar-refractivity contribution is 4.98. The van der Waals surface area contributed by atoms with Crippen LogP contribution in [0.25, 0.3) is 0 Å². The van der Waals surface area contributed by atoms with Crippen molar-refractivity contribution in [3.8, 4) is 0 Å². The molecule has 0 N–H and O–H groups in total. The van der Waals surface area contributed by atoms with Crippen LogP contribution in [0.4, 0.5) is 0 Å². The first-order valence-electron chi connectivity index (χ1n) is 18.9. The molecule has 0 spiro atoms. The van der Waals surface area contributed by atoms with Gasteiger partial charge < -0.3 is 9.80 Å². The third-order valence-corrected chi connectivity index (χ3v) is 9.27. The van der Waals surface area contributed by atoms with Crippen molar-refractivity contribution in [2.45, 2.75) is 214 Å². The van der Waals surface area contributed by atoms with Crippen LogP contribution < -0.4 is 0 Å². The molecule has 1 aliphatic rings. The Labute approximate surface area is 254 Å². The number of hydrogen-bond donors (Lipinski definition) is 0. The molecule has 0 radical (unpaired) electrons. The van der Waals surface area contributed by atoms with Crippen LogP contribution in [0.5, 0.6) is 0 Å². The molecule has 2 heteroatoms. The molecular weight excluding hydrogens is 484 g/mol. The molecule has 0 saturated heterocycles. The smallest absolute Gasteiger partial charge is 0.103 e. The molecule has 1 heterocycles. The first-order valence-corrected chi connectivity index (χ1v) is 18.9. The van der Waals surface area contributed by atoms with Crippen LogP contribution in [0.2, 0.25) is 0 Å². The van der Waals surface area contributed by atoms with Crippen LogP contribution in [-0.2, 0) is 0 Å². The van der Waals surface area contributed by atoms with E-state index in [0.29, 0.717) is 12.1 Å². The zero-order valence-corrected chi connectivity index (χ0v) is 28.4. The van der Waals surface area contributed by atoms with Gasteiger partial charge >= 0.3 is 0 Å². The lowest BCUT2D eigenvalue weighted by atomic mass is 10.0. The number of rotatable bonds is 31. The van der Waals surface area contributed by atoms with Crippen LogP contribution in [-0.4, -0.2) is 29.1 Å². The van der Waals surface area contributed by atoms with Gasteiger partial charge in [-0.05, 0) is 18.8 Å². The van der Waals surface area contributed by atoms with Gasteiger partial charge in [0.2, 0.25) is 0 Å². The standard InChI is InChI=1S/C38H76N2/c1-5-7-9-11-13-15-17-19-20-21-22-24-26-28-30-32-34-40-36-35-39(38(40)37(3)4)33-31-29-27-25-23-18-16-14-12-10-8-6-2/h35-38H,5-34H2,1-4H3. The predicted molar refractivity (Wildman–Crippen MR) is 182 cm³/mol. The van der Waals surface area contributed by atoms with Gasteiger partial charge in [0.15, 0.2) is 0 Å². The van der Waals surface area contributed by atoms with Crippen molar-refractivity contribution >= 4 is 0 Å². The normalized spacial score (nSPS) is 15.3. The summed E-state index contributed by atoms with van der Waals surface area (Å²) in [4.78, 5) is 5.29. The second kappa shape index (κ2) is 28.5. The Hall–Kier alpha value is -0.660. The molecule has 1 unspecified atom stereocenters. The van der Waals surface area contributed by atoms with E-state index in [-0.39, 0.29) is 0 Å². The van der Waals surface area contributed by atoms with E-state index in [1.165, 1.54) is 193 Å². The first kappa shape index (κ1) is 37.4. The average Bonchev–Trinajstić information content (AvgIpc) is 3.36. The maximum atomic E-state index is 2.65. The molecule has 2 nitrogen and oxygen atoms in total. The molecule has 0 aromatic carbocycles. The van der Waals surface area contributed by atoms with Gasteiger partial charge in [0.1, 0.15) is 6.17 Å². The molecule has 1 rings (SSSR count). The van der Waals surface area contributed by atoms with E-state index < -0.39 is 0 Å². The maximum Gasteiger partial charge on any atom is 0.103 e. The summed E-state index contributed by atoms with van der Waals surface area (Å²) in [6.45, 7) is 11.9. The Balaban J connectivity index is 1.94. The lowest BCUT2D eigenvalue weighted by molar-refractivity contribution is 0.104. The van der Waals surface area contributed by atoms with Crippen molar-refractivity contribution in [1.29, 1.82) is 0 Å². The van der Waals surface area contributed by atoms with E-state index in [2.05, 4.69) is 49.9 Å². The van der Waals surface area contributed by atoms with E-state index in [1.807, 2.05) is 0 Å². The molecule has 0 fully saturated rings. The van der Waals surface area contributed by atoms with E-state index in [4.69, 9.17) is 0 Å². The minimum atomic E-state index is 0.587. The zero-order chi connectivity index (χ0) is 28.9. The summed E-state index contributed by atoms with van der Waals surface area (Å²) in [6.07, 6.45) is 45.8. The number of hydrogen-bond acceptors (Lipinski definition) is 2. The third kappa shape index (κ3) is 21.1. The second-order valence-electron chi connectivity index (χ2n) is 13.6. The van der Waals surface area contributed by atoms with Gasteiger partial charge in [-0.2, -0.15) is 0 Å². The SMILES string of the molecule is CCCCCCCCCCCCCCCCCCN1C=CN(CCCCCCCCCCCCCC)C1C(C)C. The van der Waals surface area contributed by atoms with Gasteiger partial charge in [0.05, 0.1) is 0 Å². The Morgan fingerprint density at radius 2 is 0.600 bits per heavy atom. The van der Waals surface area contributed by atoms with Gasteiger partial charge in [-0.15, -0.1) is 0 Å². The van der Waals surface area contributed by atoms with Crippen LogP contribution in [0.3, 0.4) is 0 Å². The lowest BCUT2D eigenvalue weighted by Gasteiger charge is -2.36. The largest absolute Gasteiger partial charge is 0.356 e. The maximum absolute atomic E-state index is 2.65. The Morgan fingerprint density at radius 3 is 0.825 bits per heavy atom. The summed E-state index contributed by atoms with van der Waals surface area (Å²) < 4.78 is 0. The monoisotopic (exact) mass is 561 g/mol. The fourth-order valence-corrected chi connectivity index (χ4v) is 6.70. The highest BCUT2D eigenvalue weighted by atomic mass is 15.4. The zero-order valence-electron chi connectivity index (χ0n) is 28.4. The van der Waals surface area contributed by atoms with Gasteiger partial charge in [-0.1, -0.05) is 195 Å². The molecule has 0 saturated carbocycles.